The van der Waals surface area contributed by atoms with Gasteiger partial charge in [0, 0.05) is 17.9 Å². The van der Waals surface area contributed by atoms with Crippen LogP contribution < -0.4 is 16.4 Å². The largest absolute Gasteiger partial charge is 0.399 e. The summed E-state index contributed by atoms with van der Waals surface area (Å²) in [6.07, 6.45) is 0. The molecule has 0 atom stereocenters. The van der Waals surface area contributed by atoms with E-state index in [0.29, 0.717) is 5.92 Å². The Balaban J connectivity index is 2.94. The molecule has 0 spiro atoms. The number of benzene rings is 1. The van der Waals surface area contributed by atoms with E-state index in [-0.39, 0.29) is 12.5 Å². The van der Waals surface area contributed by atoms with Crippen LogP contribution in [0.3, 0.4) is 0 Å². The number of hydrogen-bond acceptors (Lipinski definition) is 3. The molecule has 4 N–H and O–H groups in total. The number of carbonyl (C=O) groups is 1. The Morgan fingerprint density at radius 1 is 1.41 bits per heavy atom. The van der Waals surface area contributed by atoms with E-state index < -0.39 is 0 Å². The minimum atomic E-state index is -0.319. The van der Waals surface area contributed by atoms with Crippen LogP contribution in [0.25, 0.3) is 0 Å². The van der Waals surface area contributed by atoms with Crippen molar-refractivity contribution in [1.82, 2.24) is 0 Å². The van der Waals surface area contributed by atoms with Gasteiger partial charge in [-0.25, -0.2) is 0 Å². The Hall–Kier alpha value is -1.71. The van der Waals surface area contributed by atoms with Crippen LogP contribution in [-0.4, -0.2) is 19.0 Å². The first-order valence-corrected chi connectivity index (χ1v) is 5.79. The molecule has 4 nitrogen and oxygen atoms in total. The molecule has 0 bridgehead atoms. The Morgan fingerprint density at radius 2 is 2.06 bits per heavy atom. The molecule has 94 valence electrons. The fraction of sp³-hybridized carbons (Fsp3) is 0.462. The maximum atomic E-state index is 11.1. The van der Waals surface area contributed by atoms with Gasteiger partial charge in [0.25, 0.3) is 0 Å². The van der Waals surface area contributed by atoms with E-state index >= 15 is 0 Å². The van der Waals surface area contributed by atoms with Gasteiger partial charge in [-0.15, -0.1) is 0 Å². The van der Waals surface area contributed by atoms with Crippen molar-refractivity contribution in [3.05, 3.63) is 23.8 Å². The Labute approximate surface area is 103 Å². The van der Waals surface area contributed by atoms with Gasteiger partial charge in [0.2, 0.25) is 5.91 Å². The van der Waals surface area contributed by atoms with E-state index in [0.717, 1.165) is 23.5 Å². The number of primary amides is 1. The van der Waals surface area contributed by atoms with Gasteiger partial charge in [-0.05, 0) is 36.6 Å². The molecular formula is C13H21N3O. The second kappa shape index (κ2) is 5.57. The Morgan fingerprint density at radius 3 is 2.53 bits per heavy atom. The van der Waals surface area contributed by atoms with Crippen molar-refractivity contribution in [3.63, 3.8) is 0 Å². The van der Waals surface area contributed by atoms with Crippen LogP contribution in [0.5, 0.6) is 0 Å². The van der Waals surface area contributed by atoms with E-state index in [2.05, 4.69) is 13.8 Å². The van der Waals surface area contributed by atoms with Gasteiger partial charge in [0.05, 0.1) is 6.54 Å². The van der Waals surface area contributed by atoms with Crippen molar-refractivity contribution in [2.75, 3.05) is 23.7 Å². The average molecular weight is 235 g/mol. The third-order valence-corrected chi connectivity index (χ3v) is 2.55. The van der Waals surface area contributed by atoms with E-state index in [9.17, 15) is 4.79 Å². The highest BCUT2D eigenvalue weighted by Gasteiger charge is 2.11. The monoisotopic (exact) mass is 235 g/mol. The van der Waals surface area contributed by atoms with Crippen molar-refractivity contribution < 1.29 is 4.79 Å². The van der Waals surface area contributed by atoms with Crippen molar-refractivity contribution in [3.8, 4) is 0 Å². The van der Waals surface area contributed by atoms with Crippen LogP contribution in [0.15, 0.2) is 18.2 Å². The zero-order valence-electron chi connectivity index (χ0n) is 10.7. The second-order valence-corrected chi connectivity index (χ2v) is 4.78. The molecule has 0 fully saturated rings. The van der Waals surface area contributed by atoms with Gasteiger partial charge in [-0.3, -0.25) is 4.79 Å². The van der Waals surface area contributed by atoms with Crippen molar-refractivity contribution in [2.45, 2.75) is 20.8 Å². The summed E-state index contributed by atoms with van der Waals surface area (Å²) in [7, 11) is 0. The first-order valence-electron chi connectivity index (χ1n) is 5.79. The molecule has 1 aromatic rings. The van der Waals surface area contributed by atoms with Crippen LogP contribution in [0.1, 0.15) is 19.4 Å². The van der Waals surface area contributed by atoms with Crippen LogP contribution in [0, 0.1) is 12.8 Å². The highest BCUT2D eigenvalue weighted by molar-refractivity contribution is 5.79. The molecule has 0 aliphatic heterocycles. The van der Waals surface area contributed by atoms with E-state index in [1.165, 1.54) is 0 Å². The van der Waals surface area contributed by atoms with E-state index in [1.807, 2.05) is 30.0 Å². The van der Waals surface area contributed by atoms with Gasteiger partial charge in [-0.2, -0.15) is 0 Å². The lowest BCUT2D eigenvalue weighted by Gasteiger charge is -2.25. The third kappa shape index (κ3) is 3.98. The summed E-state index contributed by atoms with van der Waals surface area (Å²) in [5.41, 5.74) is 13.8. The zero-order chi connectivity index (χ0) is 13.0. The van der Waals surface area contributed by atoms with Gasteiger partial charge in [0.15, 0.2) is 0 Å². The maximum absolute atomic E-state index is 11.1. The van der Waals surface area contributed by atoms with E-state index in [4.69, 9.17) is 11.5 Å². The number of rotatable bonds is 5. The van der Waals surface area contributed by atoms with Gasteiger partial charge in [-0.1, -0.05) is 13.8 Å². The van der Waals surface area contributed by atoms with Gasteiger partial charge >= 0.3 is 0 Å². The molecule has 0 aliphatic rings. The van der Waals surface area contributed by atoms with E-state index in [1.54, 1.807) is 0 Å². The lowest BCUT2D eigenvalue weighted by molar-refractivity contribution is -0.116. The molecular weight excluding hydrogens is 214 g/mol. The fourth-order valence-corrected chi connectivity index (χ4v) is 1.75. The smallest absolute Gasteiger partial charge is 0.236 e. The fourth-order valence-electron chi connectivity index (χ4n) is 1.75. The number of nitrogen functional groups attached to an aromatic ring is 1. The summed E-state index contributed by atoms with van der Waals surface area (Å²) >= 11 is 0. The highest BCUT2D eigenvalue weighted by Crippen LogP contribution is 2.21. The third-order valence-electron chi connectivity index (χ3n) is 2.55. The van der Waals surface area contributed by atoms with Crippen LogP contribution in [-0.2, 0) is 4.79 Å². The lowest BCUT2D eigenvalue weighted by atomic mass is 10.1. The topological polar surface area (TPSA) is 72.3 Å². The highest BCUT2D eigenvalue weighted by atomic mass is 16.1. The SMILES string of the molecule is Cc1cc(N(CC(N)=O)CC(C)C)ccc1N. The second-order valence-electron chi connectivity index (χ2n) is 4.78. The predicted octanol–water partition coefficient (Wildman–Crippen LogP) is 1.52. The minimum absolute atomic E-state index is 0.238. The number of nitrogens with zero attached hydrogens (tertiary/aromatic N) is 1. The van der Waals surface area contributed by atoms with Crippen molar-refractivity contribution >= 4 is 17.3 Å². The van der Waals surface area contributed by atoms with Crippen LogP contribution in [0.4, 0.5) is 11.4 Å². The standard InChI is InChI=1S/C13H21N3O/c1-9(2)7-16(8-13(15)17)11-4-5-12(14)10(3)6-11/h4-6,9H,7-8,14H2,1-3H3,(H2,15,17). The quantitative estimate of drug-likeness (QED) is 0.760. The van der Waals surface area contributed by atoms with Gasteiger partial charge in [0.1, 0.15) is 0 Å². The number of nitrogens with two attached hydrogens (primary N) is 2. The maximum Gasteiger partial charge on any atom is 0.236 e. The summed E-state index contributed by atoms with van der Waals surface area (Å²) in [5, 5.41) is 0. The number of hydrogen-bond donors (Lipinski definition) is 2. The molecule has 0 saturated heterocycles. The number of carbonyl (C=O) groups excluding carboxylic acids is 1. The summed E-state index contributed by atoms with van der Waals surface area (Å²) < 4.78 is 0. The summed E-state index contributed by atoms with van der Waals surface area (Å²) in [6, 6.07) is 5.77. The first-order chi connectivity index (χ1) is 7.90. The number of aryl methyl sites for hydroxylation is 1. The summed E-state index contributed by atoms with van der Waals surface area (Å²) in [4.78, 5) is 13.1. The number of amides is 1. The molecule has 1 rings (SSSR count). The number of anilines is 2. The molecule has 1 amide bonds. The Bertz CT molecular complexity index is 402. The normalized spacial score (nSPS) is 10.6. The average Bonchev–Trinajstić information content (AvgIpc) is 2.19. The predicted molar refractivity (Wildman–Crippen MR) is 71.8 cm³/mol. The zero-order valence-corrected chi connectivity index (χ0v) is 10.7. The molecule has 0 saturated carbocycles. The molecule has 1 aromatic carbocycles. The molecule has 0 heterocycles. The molecule has 4 heteroatoms. The van der Waals surface area contributed by atoms with Crippen molar-refractivity contribution in [1.29, 1.82) is 0 Å². The molecule has 0 aromatic heterocycles. The molecule has 17 heavy (non-hydrogen) atoms. The molecule has 0 aliphatic carbocycles. The van der Waals surface area contributed by atoms with Crippen molar-refractivity contribution in [2.24, 2.45) is 11.7 Å². The lowest BCUT2D eigenvalue weighted by Crippen LogP contribution is -2.36. The Kier molecular flexibility index (Phi) is 4.37. The molecule has 0 unspecified atom stereocenters. The summed E-state index contributed by atoms with van der Waals surface area (Å²) in [5.74, 6) is 0.146. The van der Waals surface area contributed by atoms with Crippen LogP contribution in [0.2, 0.25) is 0 Å². The van der Waals surface area contributed by atoms with Gasteiger partial charge < -0.3 is 16.4 Å². The summed E-state index contributed by atoms with van der Waals surface area (Å²) in [6.45, 7) is 7.21. The first kappa shape index (κ1) is 13.4. The minimum Gasteiger partial charge on any atom is -0.399 e. The molecule has 0 radical (unpaired) electrons. The van der Waals surface area contributed by atoms with Crippen LogP contribution >= 0.6 is 0 Å².